The molecule has 0 aromatic heterocycles. The van der Waals surface area contributed by atoms with E-state index in [1.807, 2.05) is 39.0 Å². The molecule has 1 aromatic carbocycles. The molecule has 23 heavy (non-hydrogen) atoms. The Morgan fingerprint density at radius 3 is 2.43 bits per heavy atom. The average Bonchev–Trinajstić information content (AvgIpc) is 2.99. The predicted molar refractivity (Wildman–Crippen MR) is 90.0 cm³/mol. The molecule has 0 saturated heterocycles. The molecule has 0 bridgehead atoms. The summed E-state index contributed by atoms with van der Waals surface area (Å²) in [7, 11) is 0. The highest BCUT2D eigenvalue weighted by Gasteiger charge is 2.34. The Hall–Kier alpha value is -1.71. The molecule has 1 N–H and O–H groups in total. The number of rotatable bonds is 3. The largest absolute Gasteiger partial charge is 0.486 e. The van der Waals surface area contributed by atoms with Gasteiger partial charge in [-0.2, -0.15) is 0 Å². The second-order valence-electron chi connectivity index (χ2n) is 7.66. The van der Waals surface area contributed by atoms with Crippen molar-refractivity contribution in [1.29, 1.82) is 0 Å². The molecule has 2 aliphatic rings. The summed E-state index contributed by atoms with van der Waals surface area (Å²) in [6, 6.07) is 5.97. The Bertz CT molecular complexity index is 570. The molecule has 1 heterocycles. The average molecular weight is 317 g/mol. The number of carbonyl (C=O) groups excluding carboxylic acids is 1. The van der Waals surface area contributed by atoms with Crippen LogP contribution < -0.4 is 14.8 Å². The van der Waals surface area contributed by atoms with E-state index in [4.69, 9.17) is 9.47 Å². The molecule has 0 spiro atoms. The molecule has 3 rings (SSSR count). The van der Waals surface area contributed by atoms with Gasteiger partial charge in [-0.25, -0.2) is 0 Å². The van der Waals surface area contributed by atoms with Crippen molar-refractivity contribution in [3.8, 4) is 11.5 Å². The van der Waals surface area contributed by atoms with E-state index in [0.29, 0.717) is 19.1 Å². The van der Waals surface area contributed by atoms with Gasteiger partial charge < -0.3 is 14.8 Å². The van der Waals surface area contributed by atoms with Gasteiger partial charge >= 0.3 is 0 Å². The minimum Gasteiger partial charge on any atom is -0.486 e. The molecule has 126 valence electrons. The fraction of sp³-hybridized carbons (Fsp3) is 0.632. The molecule has 4 nitrogen and oxygen atoms in total. The third kappa shape index (κ3) is 3.80. The fourth-order valence-corrected chi connectivity index (χ4v) is 3.63. The summed E-state index contributed by atoms with van der Waals surface area (Å²) in [6.45, 7) is 7.24. The van der Waals surface area contributed by atoms with Crippen LogP contribution in [0.4, 0.5) is 0 Å². The van der Waals surface area contributed by atoms with E-state index < -0.39 is 0 Å². The maximum absolute atomic E-state index is 12.9. The Morgan fingerprint density at radius 1 is 1.13 bits per heavy atom. The third-order valence-corrected chi connectivity index (χ3v) is 4.58. The first-order valence-corrected chi connectivity index (χ1v) is 8.65. The van der Waals surface area contributed by atoms with Gasteiger partial charge in [0.2, 0.25) is 5.91 Å². The lowest BCUT2D eigenvalue weighted by atomic mass is 9.83. The molecule has 1 saturated carbocycles. The van der Waals surface area contributed by atoms with Crippen LogP contribution in [0, 0.1) is 5.92 Å². The Kier molecular flexibility index (Phi) is 4.51. The third-order valence-electron chi connectivity index (χ3n) is 4.58. The Labute approximate surface area is 138 Å². The van der Waals surface area contributed by atoms with Crippen molar-refractivity contribution in [3.63, 3.8) is 0 Å². The number of benzene rings is 1. The van der Waals surface area contributed by atoms with Crippen LogP contribution in [0.1, 0.15) is 57.9 Å². The molecule has 4 heteroatoms. The molecule has 1 aromatic rings. The van der Waals surface area contributed by atoms with Crippen LogP contribution in [0.2, 0.25) is 0 Å². The summed E-state index contributed by atoms with van der Waals surface area (Å²) >= 11 is 0. The van der Waals surface area contributed by atoms with Gasteiger partial charge in [0.25, 0.3) is 0 Å². The minimum atomic E-state index is -0.220. The van der Waals surface area contributed by atoms with Crippen molar-refractivity contribution < 1.29 is 14.3 Å². The second-order valence-corrected chi connectivity index (χ2v) is 7.66. The second kappa shape index (κ2) is 6.42. The van der Waals surface area contributed by atoms with E-state index in [2.05, 4.69) is 5.32 Å². The molecule has 1 aliphatic heterocycles. The van der Waals surface area contributed by atoms with Crippen LogP contribution in [0.25, 0.3) is 0 Å². The molecule has 1 aliphatic carbocycles. The van der Waals surface area contributed by atoms with E-state index in [1.54, 1.807) is 0 Å². The number of hydrogen-bond acceptors (Lipinski definition) is 3. The van der Waals surface area contributed by atoms with Gasteiger partial charge in [0.05, 0.1) is 5.92 Å². The lowest BCUT2D eigenvalue weighted by molar-refractivity contribution is -0.125. The van der Waals surface area contributed by atoms with Crippen LogP contribution in [0.5, 0.6) is 11.5 Å². The van der Waals surface area contributed by atoms with Crippen molar-refractivity contribution in [2.45, 2.75) is 57.9 Å². The quantitative estimate of drug-likeness (QED) is 0.926. The topological polar surface area (TPSA) is 47.6 Å². The molecule has 1 atom stereocenters. The SMILES string of the molecule is CC(C)(C)NC(=O)C(c1ccc2c(c1)OCCO2)C1CCCC1. The van der Waals surface area contributed by atoms with Crippen LogP contribution >= 0.6 is 0 Å². The van der Waals surface area contributed by atoms with Gasteiger partial charge in [-0.3, -0.25) is 4.79 Å². The van der Waals surface area contributed by atoms with Gasteiger partial charge in [0.1, 0.15) is 13.2 Å². The van der Waals surface area contributed by atoms with Crippen molar-refractivity contribution in [3.05, 3.63) is 23.8 Å². The number of fused-ring (bicyclic) bond motifs is 1. The predicted octanol–water partition coefficient (Wildman–Crippen LogP) is 3.65. The van der Waals surface area contributed by atoms with E-state index in [-0.39, 0.29) is 17.4 Å². The first-order valence-electron chi connectivity index (χ1n) is 8.65. The van der Waals surface area contributed by atoms with Crippen LogP contribution in [-0.2, 0) is 4.79 Å². The first-order chi connectivity index (χ1) is 10.9. The molecular weight excluding hydrogens is 290 g/mol. The Morgan fingerprint density at radius 2 is 1.78 bits per heavy atom. The van der Waals surface area contributed by atoms with E-state index in [1.165, 1.54) is 12.8 Å². The van der Waals surface area contributed by atoms with Gasteiger partial charge in [0, 0.05) is 5.54 Å². The zero-order chi connectivity index (χ0) is 16.4. The van der Waals surface area contributed by atoms with Crippen molar-refractivity contribution >= 4 is 5.91 Å². The molecule has 1 fully saturated rings. The summed E-state index contributed by atoms with van der Waals surface area (Å²) in [5, 5.41) is 3.16. The van der Waals surface area contributed by atoms with E-state index in [9.17, 15) is 4.79 Å². The standard InChI is InChI=1S/C19H27NO3/c1-19(2,3)20-18(21)17(13-6-4-5-7-13)14-8-9-15-16(12-14)23-11-10-22-15/h8-9,12-13,17H,4-7,10-11H2,1-3H3,(H,20,21). The smallest absolute Gasteiger partial charge is 0.228 e. The highest BCUT2D eigenvalue weighted by atomic mass is 16.6. The van der Waals surface area contributed by atoms with Crippen molar-refractivity contribution in [1.82, 2.24) is 5.32 Å². The summed E-state index contributed by atoms with van der Waals surface area (Å²) in [5.41, 5.74) is 0.824. The number of carbonyl (C=O) groups is 1. The maximum atomic E-state index is 12.9. The minimum absolute atomic E-state index is 0.104. The number of hydrogen-bond donors (Lipinski definition) is 1. The lowest BCUT2D eigenvalue weighted by Gasteiger charge is -2.29. The first kappa shape index (κ1) is 16.2. The van der Waals surface area contributed by atoms with E-state index >= 15 is 0 Å². The van der Waals surface area contributed by atoms with Gasteiger partial charge in [-0.1, -0.05) is 18.9 Å². The van der Waals surface area contributed by atoms with Gasteiger partial charge in [-0.15, -0.1) is 0 Å². The summed E-state index contributed by atoms with van der Waals surface area (Å²) < 4.78 is 11.3. The summed E-state index contributed by atoms with van der Waals surface area (Å²) in [5.74, 6) is 1.98. The molecular formula is C19H27NO3. The summed E-state index contributed by atoms with van der Waals surface area (Å²) in [4.78, 5) is 12.9. The molecule has 1 unspecified atom stereocenters. The number of nitrogens with one attached hydrogen (secondary N) is 1. The fourth-order valence-electron chi connectivity index (χ4n) is 3.63. The Balaban J connectivity index is 1.89. The molecule has 0 radical (unpaired) electrons. The zero-order valence-electron chi connectivity index (χ0n) is 14.4. The lowest BCUT2D eigenvalue weighted by Crippen LogP contribution is -2.44. The van der Waals surface area contributed by atoms with E-state index in [0.717, 1.165) is 29.9 Å². The summed E-state index contributed by atoms with van der Waals surface area (Å²) in [6.07, 6.45) is 4.68. The maximum Gasteiger partial charge on any atom is 0.228 e. The van der Waals surface area contributed by atoms with Crippen LogP contribution in [0.3, 0.4) is 0 Å². The number of ether oxygens (including phenoxy) is 2. The normalized spacial score (nSPS) is 19.4. The van der Waals surface area contributed by atoms with Gasteiger partial charge in [-0.05, 0) is 57.2 Å². The monoisotopic (exact) mass is 317 g/mol. The van der Waals surface area contributed by atoms with Gasteiger partial charge in [0.15, 0.2) is 11.5 Å². The highest BCUT2D eigenvalue weighted by Crippen LogP contribution is 2.41. The van der Waals surface area contributed by atoms with Crippen LogP contribution in [-0.4, -0.2) is 24.7 Å². The zero-order valence-corrected chi connectivity index (χ0v) is 14.4. The van der Waals surface area contributed by atoms with Crippen molar-refractivity contribution in [2.24, 2.45) is 5.92 Å². The van der Waals surface area contributed by atoms with Crippen LogP contribution in [0.15, 0.2) is 18.2 Å². The number of amides is 1. The van der Waals surface area contributed by atoms with Crippen molar-refractivity contribution in [2.75, 3.05) is 13.2 Å². The highest BCUT2D eigenvalue weighted by molar-refractivity contribution is 5.85. The molecule has 1 amide bonds.